The fourth-order valence-electron chi connectivity index (χ4n) is 4.91. The van der Waals surface area contributed by atoms with Gasteiger partial charge in [-0.2, -0.15) is 0 Å². The van der Waals surface area contributed by atoms with Crippen LogP contribution in [0.1, 0.15) is 51.3 Å². The molecule has 1 saturated carbocycles. The Balaban J connectivity index is 1.43. The first-order valence-corrected chi connectivity index (χ1v) is 10.2. The molecule has 2 aromatic rings. The number of fused-ring (bicyclic) bond motifs is 1. The zero-order chi connectivity index (χ0) is 18.0. The monoisotopic (exact) mass is 354 g/mol. The summed E-state index contributed by atoms with van der Waals surface area (Å²) in [6.07, 6.45) is 7.64. The van der Waals surface area contributed by atoms with E-state index in [1.54, 1.807) is 0 Å². The average Bonchev–Trinajstić information content (AvgIpc) is 3.40. The summed E-state index contributed by atoms with van der Waals surface area (Å²) in [4.78, 5) is 20.3. The second-order valence-electron chi connectivity index (χ2n) is 7.70. The summed E-state index contributed by atoms with van der Waals surface area (Å²) in [5, 5.41) is 3.25. The Morgan fingerprint density at radius 1 is 1.15 bits per heavy atom. The highest BCUT2D eigenvalue weighted by Crippen LogP contribution is 2.37. The third-order valence-corrected chi connectivity index (χ3v) is 6.25. The number of aromatic nitrogens is 2. The number of carbonyl (C=O) groups excluding carboxylic acids is 1. The molecule has 0 radical (unpaired) electrons. The number of para-hydroxylation sites is 2. The van der Waals surface area contributed by atoms with Crippen molar-refractivity contribution in [1.82, 2.24) is 19.8 Å². The summed E-state index contributed by atoms with van der Waals surface area (Å²) in [6.45, 7) is 5.88. The summed E-state index contributed by atoms with van der Waals surface area (Å²) < 4.78 is 2.26. The first-order valence-electron chi connectivity index (χ1n) is 10.2. The van der Waals surface area contributed by atoms with E-state index in [1.165, 1.54) is 31.2 Å². The van der Waals surface area contributed by atoms with E-state index >= 15 is 0 Å². The highest BCUT2D eigenvalue weighted by atomic mass is 16.2. The van der Waals surface area contributed by atoms with Crippen molar-refractivity contribution in [2.75, 3.05) is 19.6 Å². The van der Waals surface area contributed by atoms with E-state index in [0.717, 1.165) is 50.2 Å². The number of amides is 1. The van der Waals surface area contributed by atoms with Gasteiger partial charge in [0.05, 0.1) is 11.0 Å². The van der Waals surface area contributed by atoms with Gasteiger partial charge in [0.15, 0.2) is 0 Å². The highest BCUT2D eigenvalue weighted by molar-refractivity contribution is 5.86. The second-order valence-corrected chi connectivity index (χ2v) is 7.70. The van der Waals surface area contributed by atoms with Crippen LogP contribution < -0.4 is 5.32 Å². The molecule has 0 atom stereocenters. The third kappa shape index (κ3) is 3.02. The largest absolute Gasteiger partial charge is 0.354 e. The van der Waals surface area contributed by atoms with Gasteiger partial charge in [-0.1, -0.05) is 25.0 Å². The zero-order valence-electron chi connectivity index (χ0n) is 15.8. The Labute approximate surface area is 155 Å². The van der Waals surface area contributed by atoms with E-state index in [1.807, 2.05) is 6.07 Å². The summed E-state index contributed by atoms with van der Waals surface area (Å²) in [7, 11) is 0. The van der Waals surface area contributed by atoms with E-state index in [9.17, 15) is 4.79 Å². The lowest BCUT2D eigenvalue weighted by atomic mass is 9.94. The topological polar surface area (TPSA) is 50.2 Å². The van der Waals surface area contributed by atoms with E-state index in [-0.39, 0.29) is 11.4 Å². The van der Waals surface area contributed by atoms with E-state index in [4.69, 9.17) is 4.98 Å². The Morgan fingerprint density at radius 2 is 1.88 bits per heavy atom. The Kier molecular flexibility index (Phi) is 4.98. The smallest absolute Gasteiger partial charge is 0.240 e. The van der Waals surface area contributed by atoms with Gasteiger partial charge >= 0.3 is 0 Å². The van der Waals surface area contributed by atoms with Crippen LogP contribution in [0.4, 0.5) is 0 Å². The highest BCUT2D eigenvalue weighted by Gasteiger charge is 2.46. The van der Waals surface area contributed by atoms with Gasteiger partial charge in [0.1, 0.15) is 11.4 Å². The molecule has 0 bridgehead atoms. The first kappa shape index (κ1) is 17.5. The number of hydrogen-bond acceptors (Lipinski definition) is 3. The minimum atomic E-state index is -0.235. The minimum absolute atomic E-state index is 0.235. The molecule has 1 amide bonds. The predicted molar refractivity (Wildman–Crippen MR) is 104 cm³/mol. The van der Waals surface area contributed by atoms with Crippen LogP contribution in [0.3, 0.4) is 0 Å². The molecule has 0 spiro atoms. The SMILES string of the molecule is CCn1c(CCNC(=O)C2(N3CCCC3)CCCC2)nc2ccccc21. The molecule has 140 valence electrons. The van der Waals surface area contributed by atoms with Crippen molar-refractivity contribution in [3.05, 3.63) is 30.1 Å². The van der Waals surface area contributed by atoms with Crippen LogP contribution in [0.15, 0.2) is 24.3 Å². The number of aryl methyl sites for hydroxylation is 1. The molecule has 1 aliphatic heterocycles. The molecule has 4 rings (SSSR count). The van der Waals surface area contributed by atoms with Crippen molar-refractivity contribution in [2.45, 2.75) is 64.0 Å². The fraction of sp³-hybridized carbons (Fsp3) is 0.619. The number of carbonyl (C=O) groups is 1. The normalized spacial score (nSPS) is 20.0. The lowest BCUT2D eigenvalue weighted by molar-refractivity contribution is -0.132. The standard InChI is InChI=1S/C21H30N4O/c1-2-25-18-10-4-3-9-17(18)23-19(25)11-14-22-20(26)21(12-5-6-13-21)24-15-7-8-16-24/h3-4,9-10H,2,5-8,11-16H2,1H3,(H,22,26). The van der Waals surface area contributed by atoms with Crippen LogP contribution in [0.5, 0.6) is 0 Å². The Bertz CT molecular complexity index is 769. The van der Waals surface area contributed by atoms with Crippen LogP contribution >= 0.6 is 0 Å². The molecule has 2 heterocycles. The maximum absolute atomic E-state index is 13.1. The molecule has 0 unspecified atom stereocenters. The predicted octanol–water partition coefficient (Wildman–Crippen LogP) is 3.12. The number of hydrogen-bond donors (Lipinski definition) is 1. The third-order valence-electron chi connectivity index (χ3n) is 6.25. The molecule has 1 aliphatic carbocycles. The lowest BCUT2D eigenvalue weighted by Gasteiger charge is -2.37. The van der Waals surface area contributed by atoms with Crippen LogP contribution in [0.25, 0.3) is 11.0 Å². The zero-order valence-corrected chi connectivity index (χ0v) is 15.8. The molecule has 1 N–H and O–H groups in total. The number of nitrogens with zero attached hydrogens (tertiary/aromatic N) is 3. The van der Waals surface area contributed by atoms with Crippen LogP contribution in [0.2, 0.25) is 0 Å². The van der Waals surface area contributed by atoms with E-state index in [0.29, 0.717) is 6.54 Å². The molecule has 1 aromatic carbocycles. The molecule has 5 heteroatoms. The number of nitrogens with one attached hydrogen (secondary N) is 1. The van der Waals surface area contributed by atoms with Crippen molar-refractivity contribution < 1.29 is 4.79 Å². The molecule has 1 saturated heterocycles. The summed E-state index contributed by atoms with van der Waals surface area (Å²) >= 11 is 0. The summed E-state index contributed by atoms with van der Waals surface area (Å²) in [6, 6.07) is 8.27. The van der Waals surface area contributed by atoms with Crippen LogP contribution in [-0.2, 0) is 17.8 Å². The molecular formula is C21H30N4O. The first-order chi connectivity index (χ1) is 12.7. The molecule has 2 fully saturated rings. The van der Waals surface area contributed by atoms with Crippen molar-refractivity contribution in [2.24, 2.45) is 0 Å². The number of rotatable bonds is 6. The van der Waals surface area contributed by atoms with Gasteiger partial charge in [-0.15, -0.1) is 0 Å². The van der Waals surface area contributed by atoms with E-state index < -0.39 is 0 Å². The fourth-order valence-corrected chi connectivity index (χ4v) is 4.91. The molecule has 2 aliphatic rings. The van der Waals surface area contributed by atoms with Gasteiger partial charge in [0.2, 0.25) is 5.91 Å². The molecule has 1 aromatic heterocycles. The quantitative estimate of drug-likeness (QED) is 0.867. The van der Waals surface area contributed by atoms with E-state index in [2.05, 4.69) is 39.9 Å². The van der Waals surface area contributed by atoms with Crippen LogP contribution in [-0.4, -0.2) is 45.5 Å². The van der Waals surface area contributed by atoms with Crippen molar-refractivity contribution in [1.29, 1.82) is 0 Å². The Hall–Kier alpha value is -1.88. The van der Waals surface area contributed by atoms with Gasteiger partial charge in [0, 0.05) is 19.5 Å². The number of likely N-dealkylation sites (tertiary alicyclic amines) is 1. The number of imidazole rings is 1. The van der Waals surface area contributed by atoms with Gasteiger partial charge in [-0.25, -0.2) is 4.98 Å². The van der Waals surface area contributed by atoms with Gasteiger partial charge in [-0.3, -0.25) is 9.69 Å². The Morgan fingerprint density at radius 3 is 2.62 bits per heavy atom. The molecule has 26 heavy (non-hydrogen) atoms. The maximum Gasteiger partial charge on any atom is 0.240 e. The second kappa shape index (κ2) is 7.39. The van der Waals surface area contributed by atoms with Crippen molar-refractivity contribution in [3.63, 3.8) is 0 Å². The van der Waals surface area contributed by atoms with Gasteiger partial charge in [-0.05, 0) is 57.8 Å². The summed E-state index contributed by atoms with van der Waals surface area (Å²) in [5.41, 5.74) is 1.99. The number of benzene rings is 1. The lowest BCUT2D eigenvalue weighted by Crippen LogP contribution is -2.56. The van der Waals surface area contributed by atoms with Gasteiger partial charge in [0.25, 0.3) is 0 Å². The molecule has 5 nitrogen and oxygen atoms in total. The maximum atomic E-state index is 13.1. The average molecular weight is 354 g/mol. The summed E-state index contributed by atoms with van der Waals surface area (Å²) in [5.74, 6) is 1.31. The van der Waals surface area contributed by atoms with Crippen molar-refractivity contribution in [3.8, 4) is 0 Å². The van der Waals surface area contributed by atoms with Crippen LogP contribution in [0, 0.1) is 0 Å². The minimum Gasteiger partial charge on any atom is -0.354 e. The van der Waals surface area contributed by atoms with Gasteiger partial charge < -0.3 is 9.88 Å². The molecular weight excluding hydrogens is 324 g/mol. The van der Waals surface area contributed by atoms with Crippen molar-refractivity contribution >= 4 is 16.9 Å².